The molecule has 6 heteroatoms. The van der Waals surface area contributed by atoms with Crippen LogP contribution >= 0.6 is 23.2 Å². The molecular weight excluding hydrogens is 357 g/mol. The summed E-state index contributed by atoms with van der Waals surface area (Å²) in [5, 5.41) is 4.21. The van der Waals surface area contributed by atoms with E-state index in [1.807, 2.05) is 31.2 Å². The molecule has 132 valence electrons. The zero-order chi connectivity index (χ0) is 18.0. The van der Waals surface area contributed by atoms with Gasteiger partial charge in [0.1, 0.15) is 0 Å². The number of para-hydroxylation sites is 1. The minimum atomic E-state index is -0.195. The van der Waals surface area contributed by atoms with Gasteiger partial charge >= 0.3 is 0 Å². The fraction of sp³-hybridized carbons (Fsp3) is 0.316. The molecule has 2 aromatic rings. The normalized spacial score (nSPS) is 15.3. The number of aryl methyl sites for hydroxylation is 1. The van der Waals surface area contributed by atoms with Crippen molar-refractivity contribution in [3.8, 4) is 0 Å². The van der Waals surface area contributed by atoms with Gasteiger partial charge in [0.05, 0.1) is 16.4 Å². The van der Waals surface area contributed by atoms with E-state index < -0.39 is 0 Å². The molecular formula is C19H21Cl2N3O. The van der Waals surface area contributed by atoms with Crippen molar-refractivity contribution in [3.05, 3.63) is 57.6 Å². The van der Waals surface area contributed by atoms with E-state index in [1.54, 1.807) is 12.1 Å². The fourth-order valence-corrected chi connectivity index (χ4v) is 3.37. The van der Waals surface area contributed by atoms with Gasteiger partial charge in [-0.05, 0) is 43.8 Å². The summed E-state index contributed by atoms with van der Waals surface area (Å²) >= 11 is 12.6. The lowest BCUT2D eigenvalue weighted by atomic mass is 10.1. The van der Waals surface area contributed by atoms with Crippen LogP contribution in [0.3, 0.4) is 0 Å². The Morgan fingerprint density at radius 3 is 2.44 bits per heavy atom. The highest BCUT2D eigenvalue weighted by Gasteiger charge is 2.21. The first kappa shape index (κ1) is 18.1. The highest BCUT2D eigenvalue weighted by atomic mass is 35.5. The summed E-state index contributed by atoms with van der Waals surface area (Å²) in [5.74, 6) is -0.195. The molecule has 4 nitrogen and oxygen atoms in total. The number of amides is 1. The van der Waals surface area contributed by atoms with Gasteiger partial charge in [-0.1, -0.05) is 35.3 Å². The highest BCUT2D eigenvalue weighted by molar-refractivity contribution is 6.34. The molecule has 1 amide bonds. The van der Waals surface area contributed by atoms with Crippen LogP contribution in [0.4, 0.5) is 11.4 Å². The van der Waals surface area contributed by atoms with Crippen LogP contribution in [0, 0.1) is 6.92 Å². The van der Waals surface area contributed by atoms with E-state index in [9.17, 15) is 4.79 Å². The van der Waals surface area contributed by atoms with E-state index >= 15 is 0 Å². The average molecular weight is 378 g/mol. The molecule has 0 bridgehead atoms. The van der Waals surface area contributed by atoms with Crippen LogP contribution in [0.15, 0.2) is 36.4 Å². The first-order valence-electron chi connectivity index (χ1n) is 8.25. The number of benzene rings is 2. The zero-order valence-electron chi connectivity index (χ0n) is 14.4. The van der Waals surface area contributed by atoms with Gasteiger partial charge in [0.15, 0.2) is 0 Å². The maximum absolute atomic E-state index is 12.6. The summed E-state index contributed by atoms with van der Waals surface area (Å²) in [4.78, 5) is 17.1. The third-order valence-corrected chi connectivity index (χ3v) is 5.20. The topological polar surface area (TPSA) is 35.6 Å². The van der Waals surface area contributed by atoms with Crippen molar-refractivity contribution in [2.75, 3.05) is 43.4 Å². The Morgan fingerprint density at radius 1 is 1.04 bits per heavy atom. The van der Waals surface area contributed by atoms with Crippen LogP contribution in [0.2, 0.25) is 10.0 Å². The minimum Gasteiger partial charge on any atom is -0.366 e. The quantitative estimate of drug-likeness (QED) is 0.865. The van der Waals surface area contributed by atoms with E-state index in [4.69, 9.17) is 23.2 Å². The molecule has 1 heterocycles. The smallest absolute Gasteiger partial charge is 0.255 e. The van der Waals surface area contributed by atoms with Gasteiger partial charge in [0.2, 0.25) is 0 Å². The lowest BCUT2D eigenvalue weighted by molar-refractivity contribution is 0.102. The van der Waals surface area contributed by atoms with Gasteiger partial charge in [-0.3, -0.25) is 4.79 Å². The van der Waals surface area contributed by atoms with Gasteiger partial charge in [-0.2, -0.15) is 0 Å². The van der Waals surface area contributed by atoms with Gasteiger partial charge in [0.25, 0.3) is 5.91 Å². The van der Waals surface area contributed by atoms with Crippen molar-refractivity contribution >= 4 is 40.5 Å². The van der Waals surface area contributed by atoms with Crippen LogP contribution in [0.25, 0.3) is 0 Å². The summed E-state index contributed by atoms with van der Waals surface area (Å²) in [6.45, 7) is 5.59. The van der Waals surface area contributed by atoms with Crippen LogP contribution in [0.1, 0.15) is 15.9 Å². The van der Waals surface area contributed by atoms with Crippen molar-refractivity contribution < 1.29 is 4.79 Å². The Bertz CT molecular complexity index is 786. The van der Waals surface area contributed by atoms with E-state index in [0.29, 0.717) is 15.6 Å². The average Bonchev–Trinajstić information content (AvgIpc) is 2.58. The molecule has 1 aliphatic heterocycles. The summed E-state index contributed by atoms with van der Waals surface area (Å²) in [7, 11) is 2.10. The number of nitrogens with zero attached hydrogens (tertiary/aromatic N) is 2. The monoisotopic (exact) mass is 377 g/mol. The van der Waals surface area contributed by atoms with Gasteiger partial charge < -0.3 is 15.1 Å². The maximum Gasteiger partial charge on any atom is 0.255 e. The van der Waals surface area contributed by atoms with Gasteiger partial charge in [-0.15, -0.1) is 0 Å². The highest BCUT2D eigenvalue weighted by Crippen LogP contribution is 2.35. The first-order chi connectivity index (χ1) is 12.0. The fourth-order valence-electron chi connectivity index (χ4n) is 2.90. The largest absolute Gasteiger partial charge is 0.366 e. The van der Waals surface area contributed by atoms with E-state index in [0.717, 1.165) is 43.1 Å². The number of likely N-dealkylation sites (N-methyl/N-ethyl adjacent to an activating group) is 1. The predicted molar refractivity (Wildman–Crippen MR) is 105 cm³/mol. The van der Waals surface area contributed by atoms with Gasteiger partial charge in [0, 0.05) is 36.8 Å². The Morgan fingerprint density at radius 2 is 1.76 bits per heavy atom. The van der Waals surface area contributed by atoms with E-state index in [-0.39, 0.29) is 5.91 Å². The van der Waals surface area contributed by atoms with Crippen molar-refractivity contribution in [2.24, 2.45) is 0 Å². The third kappa shape index (κ3) is 4.09. The number of piperazine rings is 1. The number of hydrogen-bond acceptors (Lipinski definition) is 3. The number of carbonyl (C=O) groups excluding carboxylic acids is 1. The molecule has 1 saturated heterocycles. The lowest BCUT2D eigenvalue weighted by Gasteiger charge is -2.35. The maximum atomic E-state index is 12.6. The van der Waals surface area contributed by atoms with Gasteiger partial charge in [-0.25, -0.2) is 0 Å². The summed E-state index contributed by atoms with van der Waals surface area (Å²) in [6, 6.07) is 10.9. The Kier molecular flexibility index (Phi) is 5.52. The van der Waals surface area contributed by atoms with E-state index in [1.165, 1.54) is 0 Å². The molecule has 1 aliphatic rings. The Balaban J connectivity index is 1.86. The van der Waals surface area contributed by atoms with Crippen LogP contribution in [-0.4, -0.2) is 44.0 Å². The second kappa shape index (κ2) is 7.65. The minimum absolute atomic E-state index is 0.195. The van der Waals surface area contributed by atoms with Crippen LogP contribution < -0.4 is 10.2 Å². The molecule has 1 fully saturated rings. The summed E-state index contributed by atoms with van der Waals surface area (Å²) in [5.41, 5.74) is 3.07. The predicted octanol–water partition coefficient (Wildman–Crippen LogP) is 4.31. The second-order valence-electron chi connectivity index (χ2n) is 6.34. The molecule has 0 spiro atoms. The number of nitrogens with one attached hydrogen (secondary N) is 1. The lowest BCUT2D eigenvalue weighted by Crippen LogP contribution is -2.44. The molecule has 0 unspecified atom stereocenters. The molecule has 0 aromatic heterocycles. The zero-order valence-corrected chi connectivity index (χ0v) is 15.9. The SMILES string of the molecule is Cc1ccc(C(=O)Nc2cccc(Cl)c2N2CCN(C)CC2)cc1Cl. The van der Waals surface area contributed by atoms with Crippen LogP contribution in [0.5, 0.6) is 0 Å². The number of anilines is 2. The Hall–Kier alpha value is -1.75. The van der Waals surface area contributed by atoms with Crippen LogP contribution in [-0.2, 0) is 0 Å². The molecule has 1 N–H and O–H groups in total. The molecule has 3 rings (SSSR count). The molecule has 0 aliphatic carbocycles. The number of carbonyl (C=O) groups is 1. The van der Waals surface area contributed by atoms with E-state index in [2.05, 4.69) is 22.2 Å². The number of rotatable bonds is 3. The van der Waals surface area contributed by atoms with Crippen molar-refractivity contribution in [3.63, 3.8) is 0 Å². The Labute approximate surface area is 158 Å². The van der Waals surface area contributed by atoms with Crippen molar-refractivity contribution in [2.45, 2.75) is 6.92 Å². The number of hydrogen-bond donors (Lipinski definition) is 1. The molecule has 0 radical (unpaired) electrons. The third-order valence-electron chi connectivity index (χ3n) is 4.49. The van der Waals surface area contributed by atoms with Crippen molar-refractivity contribution in [1.29, 1.82) is 0 Å². The first-order valence-corrected chi connectivity index (χ1v) is 9.01. The summed E-state index contributed by atoms with van der Waals surface area (Å²) < 4.78 is 0. The van der Waals surface area contributed by atoms with Crippen molar-refractivity contribution in [1.82, 2.24) is 4.90 Å². The number of halogens is 2. The molecule has 0 saturated carbocycles. The molecule has 2 aromatic carbocycles. The standard InChI is InChI=1S/C19H21Cl2N3O/c1-13-6-7-14(12-16(13)21)19(25)22-17-5-3-4-15(20)18(17)24-10-8-23(2)9-11-24/h3-7,12H,8-11H2,1-2H3,(H,22,25). The summed E-state index contributed by atoms with van der Waals surface area (Å²) in [6.07, 6.45) is 0. The molecule has 0 atom stereocenters. The second-order valence-corrected chi connectivity index (χ2v) is 7.16. The molecule has 25 heavy (non-hydrogen) atoms.